The number of aryl methyl sites for hydroxylation is 1. The van der Waals surface area contributed by atoms with Crippen molar-refractivity contribution in [2.75, 3.05) is 14.2 Å². The number of hydrogen-bond donors (Lipinski definition) is 0. The molecule has 0 bridgehead atoms. The monoisotopic (exact) mass is 409 g/mol. The molecule has 7 heteroatoms. The molecule has 0 spiro atoms. The van der Waals surface area contributed by atoms with Gasteiger partial charge in [-0.15, -0.1) is 0 Å². The van der Waals surface area contributed by atoms with E-state index in [1.54, 1.807) is 19.1 Å². The quantitative estimate of drug-likeness (QED) is 0.555. The summed E-state index contributed by atoms with van der Waals surface area (Å²) in [5.41, 5.74) is 2.94. The fraction of sp³-hybridized carbons (Fsp3) is 0.348. The number of ether oxygens (including phenoxy) is 2. The molecule has 0 aliphatic heterocycles. The Balaban J connectivity index is 1.68. The lowest BCUT2D eigenvalue weighted by Crippen LogP contribution is -2.39. The predicted molar refractivity (Wildman–Crippen MR) is 113 cm³/mol. The minimum atomic E-state index is -0.587. The van der Waals surface area contributed by atoms with Gasteiger partial charge in [0.25, 0.3) is 5.91 Å². The zero-order valence-corrected chi connectivity index (χ0v) is 18.0. The Labute approximate surface area is 176 Å². The normalized spacial score (nSPS) is 11.8. The van der Waals surface area contributed by atoms with Crippen LogP contribution in [0.4, 0.5) is 0 Å². The summed E-state index contributed by atoms with van der Waals surface area (Å²) >= 11 is 0. The number of rotatable bonds is 8. The smallest absolute Gasteiger partial charge is 0.263 e. The molecule has 1 atom stereocenters. The largest absolute Gasteiger partial charge is 0.497 e. The molecule has 0 unspecified atom stereocenters. The summed E-state index contributed by atoms with van der Waals surface area (Å²) in [6, 6.07) is 13.2. The van der Waals surface area contributed by atoms with Crippen LogP contribution < -0.4 is 9.47 Å². The zero-order valence-electron chi connectivity index (χ0n) is 18.0. The molecule has 1 aromatic heterocycles. The molecule has 0 fully saturated rings. The third kappa shape index (κ3) is 4.79. The Morgan fingerprint density at radius 3 is 2.70 bits per heavy atom. The lowest BCUT2D eigenvalue weighted by Gasteiger charge is -2.23. The maximum absolute atomic E-state index is 12.9. The minimum absolute atomic E-state index is 0.139. The first kappa shape index (κ1) is 21.4. The second kappa shape index (κ2) is 9.43. The predicted octanol–water partition coefficient (Wildman–Crippen LogP) is 4.18. The van der Waals surface area contributed by atoms with Crippen LogP contribution in [0.3, 0.4) is 0 Å². The van der Waals surface area contributed by atoms with Gasteiger partial charge in [-0.25, -0.2) is 0 Å². The number of hydrogen-bond acceptors (Lipinski definition) is 6. The molecular formula is C23H27N3O4. The Bertz CT molecular complexity index is 1020. The average Bonchev–Trinajstić information content (AvgIpc) is 3.22. The van der Waals surface area contributed by atoms with E-state index < -0.39 is 6.10 Å². The summed E-state index contributed by atoms with van der Waals surface area (Å²) in [7, 11) is 3.30. The van der Waals surface area contributed by atoms with Gasteiger partial charge in [0.15, 0.2) is 6.10 Å². The second-order valence-corrected chi connectivity index (χ2v) is 7.15. The summed E-state index contributed by atoms with van der Waals surface area (Å²) in [5, 5.41) is 4.02. The summed E-state index contributed by atoms with van der Waals surface area (Å²) in [5.74, 6) is 2.09. The van der Waals surface area contributed by atoms with Crippen LogP contribution in [0.25, 0.3) is 11.4 Å². The Kier molecular flexibility index (Phi) is 6.72. The van der Waals surface area contributed by atoms with Crippen LogP contribution in [0.1, 0.15) is 30.4 Å². The van der Waals surface area contributed by atoms with Crippen LogP contribution in [-0.2, 0) is 11.3 Å². The van der Waals surface area contributed by atoms with Gasteiger partial charge in [-0.3, -0.25) is 4.79 Å². The molecular weight excluding hydrogens is 382 g/mol. The fourth-order valence-corrected chi connectivity index (χ4v) is 3.04. The number of benzene rings is 2. The van der Waals surface area contributed by atoms with E-state index in [4.69, 9.17) is 14.0 Å². The molecule has 7 nitrogen and oxygen atoms in total. The highest BCUT2D eigenvalue weighted by molar-refractivity contribution is 5.81. The van der Waals surface area contributed by atoms with E-state index in [1.165, 1.54) is 0 Å². The number of nitrogens with zero attached hydrogens (tertiary/aromatic N) is 3. The topological polar surface area (TPSA) is 77.7 Å². The lowest BCUT2D eigenvalue weighted by atomic mass is 10.1. The molecule has 0 saturated carbocycles. The molecule has 3 aromatic rings. The second-order valence-electron chi connectivity index (χ2n) is 7.15. The van der Waals surface area contributed by atoms with E-state index >= 15 is 0 Å². The maximum atomic E-state index is 12.9. The first-order chi connectivity index (χ1) is 14.4. The molecule has 1 heterocycles. The van der Waals surface area contributed by atoms with Crippen molar-refractivity contribution in [1.82, 2.24) is 15.0 Å². The summed E-state index contributed by atoms with van der Waals surface area (Å²) in [6.45, 7) is 6.13. The fourth-order valence-electron chi connectivity index (χ4n) is 3.04. The van der Waals surface area contributed by atoms with Crippen LogP contribution in [-0.4, -0.2) is 41.2 Å². The molecule has 0 saturated heterocycles. The molecule has 158 valence electrons. The van der Waals surface area contributed by atoms with Gasteiger partial charge in [0.2, 0.25) is 11.7 Å². The van der Waals surface area contributed by atoms with Crippen LogP contribution in [0.2, 0.25) is 0 Å². The van der Waals surface area contributed by atoms with Crippen LogP contribution in [0, 0.1) is 13.8 Å². The maximum Gasteiger partial charge on any atom is 0.263 e. The van der Waals surface area contributed by atoms with E-state index in [-0.39, 0.29) is 12.5 Å². The Hall–Kier alpha value is -3.35. The molecule has 0 radical (unpaired) electrons. The summed E-state index contributed by atoms with van der Waals surface area (Å²) in [6.07, 6.45) is -0.0357. The van der Waals surface area contributed by atoms with E-state index in [9.17, 15) is 4.79 Å². The van der Waals surface area contributed by atoms with Gasteiger partial charge in [-0.05, 0) is 49.6 Å². The van der Waals surface area contributed by atoms with Gasteiger partial charge >= 0.3 is 0 Å². The lowest BCUT2D eigenvalue weighted by molar-refractivity contribution is -0.138. The highest BCUT2D eigenvalue weighted by Gasteiger charge is 2.24. The van der Waals surface area contributed by atoms with E-state index in [1.807, 2.05) is 63.2 Å². The standard InChI is InChI=1S/C23H27N3O4/c1-6-19(29-20-12-7-9-15(2)16(20)3)23(27)26(4)14-21-24-22(25-30-21)17-10-8-11-18(13-17)28-5/h7-13,19H,6,14H2,1-5H3/t19-/m1/s1. The number of carbonyl (C=O) groups is 1. The van der Waals surface area contributed by atoms with E-state index in [0.29, 0.717) is 23.9 Å². The van der Waals surface area contributed by atoms with Gasteiger partial charge in [0.05, 0.1) is 13.7 Å². The molecule has 30 heavy (non-hydrogen) atoms. The van der Waals surface area contributed by atoms with Crippen molar-refractivity contribution >= 4 is 5.91 Å². The van der Waals surface area contributed by atoms with Crippen LogP contribution in [0.5, 0.6) is 11.5 Å². The van der Waals surface area contributed by atoms with Crippen molar-refractivity contribution < 1.29 is 18.8 Å². The molecule has 3 rings (SSSR count). The molecule has 0 N–H and O–H groups in total. The minimum Gasteiger partial charge on any atom is -0.497 e. The van der Waals surface area contributed by atoms with Gasteiger partial charge in [0, 0.05) is 12.6 Å². The third-order valence-electron chi connectivity index (χ3n) is 5.02. The van der Waals surface area contributed by atoms with Crippen LogP contribution in [0.15, 0.2) is 47.0 Å². The zero-order chi connectivity index (χ0) is 21.7. The molecule has 0 aliphatic rings. The third-order valence-corrected chi connectivity index (χ3v) is 5.02. The van der Waals surface area contributed by atoms with Crippen LogP contribution >= 0.6 is 0 Å². The Morgan fingerprint density at radius 1 is 1.20 bits per heavy atom. The van der Waals surface area contributed by atoms with Crippen molar-refractivity contribution in [3.8, 4) is 22.9 Å². The molecule has 0 aliphatic carbocycles. The number of likely N-dealkylation sites (N-methyl/N-ethyl adjacent to an activating group) is 1. The highest BCUT2D eigenvalue weighted by Crippen LogP contribution is 2.24. The SMILES string of the molecule is CC[C@@H](Oc1cccc(C)c1C)C(=O)N(C)Cc1nc(-c2cccc(OC)c2)no1. The van der Waals surface area contributed by atoms with Gasteiger partial charge in [-0.1, -0.05) is 36.3 Å². The number of methoxy groups -OCH3 is 1. The van der Waals surface area contributed by atoms with Crippen molar-refractivity contribution in [3.05, 3.63) is 59.5 Å². The van der Waals surface area contributed by atoms with Crippen molar-refractivity contribution in [1.29, 1.82) is 0 Å². The van der Waals surface area contributed by atoms with Crippen molar-refractivity contribution in [2.45, 2.75) is 39.8 Å². The summed E-state index contributed by atoms with van der Waals surface area (Å²) in [4.78, 5) is 18.9. The van der Waals surface area contributed by atoms with Crippen molar-refractivity contribution in [3.63, 3.8) is 0 Å². The first-order valence-corrected chi connectivity index (χ1v) is 9.87. The van der Waals surface area contributed by atoms with Gasteiger partial charge in [0.1, 0.15) is 11.5 Å². The van der Waals surface area contributed by atoms with Crippen molar-refractivity contribution in [2.24, 2.45) is 0 Å². The van der Waals surface area contributed by atoms with E-state index in [2.05, 4.69) is 10.1 Å². The number of amides is 1. The van der Waals surface area contributed by atoms with E-state index in [0.717, 1.165) is 22.4 Å². The first-order valence-electron chi connectivity index (χ1n) is 9.87. The van der Waals surface area contributed by atoms with Gasteiger partial charge < -0.3 is 18.9 Å². The van der Waals surface area contributed by atoms with Gasteiger partial charge in [-0.2, -0.15) is 4.98 Å². The number of aromatic nitrogens is 2. The summed E-state index contributed by atoms with van der Waals surface area (Å²) < 4.78 is 16.6. The Morgan fingerprint density at radius 2 is 1.97 bits per heavy atom. The molecule has 1 amide bonds. The highest BCUT2D eigenvalue weighted by atomic mass is 16.5. The average molecular weight is 409 g/mol. The number of carbonyl (C=O) groups excluding carboxylic acids is 1. The molecule has 2 aromatic carbocycles.